The number of benzene rings is 1. The highest BCUT2D eigenvalue weighted by atomic mass is 35.5. The summed E-state index contributed by atoms with van der Waals surface area (Å²) < 4.78 is 18.8. The molecule has 1 N–H and O–H groups in total. The molecule has 1 rings (SSSR count). The van der Waals surface area contributed by atoms with Crippen LogP contribution in [-0.2, 0) is 6.54 Å². The van der Waals surface area contributed by atoms with Crippen molar-refractivity contribution in [1.82, 2.24) is 5.32 Å². The molecule has 0 heterocycles. The van der Waals surface area contributed by atoms with Gasteiger partial charge in [0.2, 0.25) is 0 Å². The normalized spacial score (nSPS) is 11.6. The molecule has 0 fully saturated rings. The molecular formula is C13H19ClFNO. The average Bonchev–Trinajstić information content (AvgIpc) is 2.28. The van der Waals surface area contributed by atoms with Gasteiger partial charge in [0, 0.05) is 23.5 Å². The fourth-order valence-electron chi connectivity index (χ4n) is 1.51. The Bertz CT molecular complexity index is 368. The molecule has 0 bridgehead atoms. The van der Waals surface area contributed by atoms with Crippen molar-refractivity contribution >= 4 is 11.6 Å². The maximum absolute atomic E-state index is 13.8. The molecule has 0 aliphatic carbocycles. The van der Waals surface area contributed by atoms with E-state index < -0.39 is 0 Å². The summed E-state index contributed by atoms with van der Waals surface area (Å²) in [5.74, 6) is 0.559. The van der Waals surface area contributed by atoms with Gasteiger partial charge in [0.15, 0.2) is 11.6 Å². The summed E-state index contributed by atoms with van der Waals surface area (Å²) in [6.07, 6.45) is 0.833. The predicted octanol–water partition coefficient (Wildman–Crippen LogP) is 3.33. The molecule has 0 radical (unpaired) electrons. The van der Waals surface area contributed by atoms with E-state index in [1.807, 2.05) is 13.8 Å². The molecule has 0 aromatic heterocycles. The van der Waals surface area contributed by atoms with Gasteiger partial charge in [-0.15, -0.1) is 11.6 Å². The van der Waals surface area contributed by atoms with Crippen molar-refractivity contribution in [3.05, 3.63) is 29.6 Å². The first-order valence-corrected chi connectivity index (χ1v) is 6.16. The number of rotatable bonds is 6. The van der Waals surface area contributed by atoms with Crippen LogP contribution in [0.15, 0.2) is 18.2 Å². The molecule has 0 spiro atoms. The minimum Gasteiger partial charge on any atom is -0.494 e. The fourth-order valence-corrected chi connectivity index (χ4v) is 1.98. The monoisotopic (exact) mass is 259 g/mol. The molecule has 0 aliphatic heterocycles. The van der Waals surface area contributed by atoms with Crippen LogP contribution in [0.5, 0.6) is 5.75 Å². The van der Waals surface area contributed by atoms with Crippen LogP contribution in [0.4, 0.5) is 4.39 Å². The smallest absolute Gasteiger partial charge is 0.169 e. The number of nitrogens with one attached hydrogen (secondary N) is 1. The Morgan fingerprint density at radius 1 is 1.41 bits per heavy atom. The summed E-state index contributed by atoms with van der Waals surface area (Å²) in [6, 6.07) is 5.15. The molecule has 2 nitrogen and oxygen atoms in total. The van der Waals surface area contributed by atoms with Crippen LogP contribution in [0.25, 0.3) is 0 Å². The fraction of sp³-hybridized carbons (Fsp3) is 0.538. The molecule has 17 heavy (non-hydrogen) atoms. The van der Waals surface area contributed by atoms with E-state index in [0.29, 0.717) is 18.0 Å². The number of hydrogen-bond acceptors (Lipinski definition) is 2. The van der Waals surface area contributed by atoms with Crippen molar-refractivity contribution < 1.29 is 9.13 Å². The number of halogens is 2. The zero-order valence-corrected chi connectivity index (χ0v) is 11.3. The van der Waals surface area contributed by atoms with Crippen LogP contribution in [0, 0.1) is 5.82 Å². The van der Waals surface area contributed by atoms with Crippen molar-refractivity contribution in [1.29, 1.82) is 0 Å². The van der Waals surface area contributed by atoms with Gasteiger partial charge in [-0.1, -0.05) is 12.1 Å². The van der Waals surface area contributed by atoms with Gasteiger partial charge in [-0.05, 0) is 26.3 Å². The summed E-state index contributed by atoms with van der Waals surface area (Å²) in [4.78, 5) is 0. The van der Waals surface area contributed by atoms with Crippen molar-refractivity contribution in [2.75, 3.05) is 13.0 Å². The van der Waals surface area contributed by atoms with Gasteiger partial charge in [-0.2, -0.15) is 0 Å². The van der Waals surface area contributed by atoms with Crippen molar-refractivity contribution in [3.8, 4) is 5.75 Å². The molecule has 0 amide bonds. The Morgan fingerprint density at radius 2 is 2.12 bits per heavy atom. The van der Waals surface area contributed by atoms with Crippen molar-refractivity contribution in [2.24, 2.45) is 0 Å². The van der Waals surface area contributed by atoms with E-state index in [0.717, 1.165) is 6.42 Å². The van der Waals surface area contributed by atoms with Crippen LogP contribution < -0.4 is 10.1 Å². The molecule has 0 saturated carbocycles. The molecule has 0 saturated heterocycles. The Labute approximate surface area is 107 Å². The Balaban J connectivity index is 2.69. The molecule has 0 unspecified atom stereocenters. The van der Waals surface area contributed by atoms with Crippen molar-refractivity contribution in [2.45, 2.75) is 32.4 Å². The second-order valence-electron chi connectivity index (χ2n) is 4.61. The SMILES string of the molecule is COc1cccc(CNC(C)(C)CCCl)c1F. The molecule has 4 heteroatoms. The maximum Gasteiger partial charge on any atom is 0.169 e. The topological polar surface area (TPSA) is 21.3 Å². The summed E-state index contributed by atoms with van der Waals surface area (Å²) in [5.41, 5.74) is 0.504. The van der Waals surface area contributed by atoms with E-state index in [4.69, 9.17) is 16.3 Å². The van der Waals surface area contributed by atoms with E-state index in [1.54, 1.807) is 18.2 Å². The van der Waals surface area contributed by atoms with Crippen LogP contribution in [-0.4, -0.2) is 18.5 Å². The first-order chi connectivity index (χ1) is 8.00. The third kappa shape index (κ3) is 4.17. The molecular weight excluding hydrogens is 241 g/mol. The molecule has 0 aliphatic rings. The average molecular weight is 260 g/mol. The minimum atomic E-state index is -0.302. The van der Waals surface area contributed by atoms with Gasteiger partial charge in [-0.25, -0.2) is 4.39 Å². The Morgan fingerprint density at radius 3 is 2.71 bits per heavy atom. The third-order valence-electron chi connectivity index (χ3n) is 2.74. The van der Waals surface area contributed by atoms with Crippen LogP contribution in [0.1, 0.15) is 25.8 Å². The summed E-state index contributed by atoms with van der Waals surface area (Å²) in [5, 5.41) is 3.29. The Kier molecular flexibility index (Phi) is 5.22. The second-order valence-corrected chi connectivity index (χ2v) is 4.99. The van der Waals surface area contributed by atoms with Gasteiger partial charge in [0.25, 0.3) is 0 Å². The quantitative estimate of drug-likeness (QED) is 0.792. The predicted molar refractivity (Wildman–Crippen MR) is 69.2 cm³/mol. The second kappa shape index (κ2) is 6.22. The van der Waals surface area contributed by atoms with Crippen molar-refractivity contribution in [3.63, 3.8) is 0 Å². The lowest BCUT2D eigenvalue weighted by Crippen LogP contribution is -2.39. The number of methoxy groups -OCH3 is 1. The largest absolute Gasteiger partial charge is 0.494 e. The Hall–Kier alpha value is -0.800. The first-order valence-electron chi connectivity index (χ1n) is 5.62. The van der Waals surface area contributed by atoms with Crippen LogP contribution >= 0.6 is 11.6 Å². The molecule has 1 aromatic rings. The van der Waals surface area contributed by atoms with Gasteiger partial charge in [0.1, 0.15) is 0 Å². The van der Waals surface area contributed by atoms with E-state index >= 15 is 0 Å². The lowest BCUT2D eigenvalue weighted by Gasteiger charge is -2.25. The highest BCUT2D eigenvalue weighted by Gasteiger charge is 2.17. The van der Waals surface area contributed by atoms with Crippen LogP contribution in [0.2, 0.25) is 0 Å². The maximum atomic E-state index is 13.8. The van der Waals surface area contributed by atoms with E-state index in [2.05, 4.69) is 5.32 Å². The van der Waals surface area contributed by atoms with E-state index in [9.17, 15) is 4.39 Å². The third-order valence-corrected chi connectivity index (χ3v) is 2.93. The van der Waals surface area contributed by atoms with Gasteiger partial charge >= 0.3 is 0 Å². The number of hydrogen-bond donors (Lipinski definition) is 1. The first kappa shape index (κ1) is 14.3. The minimum absolute atomic E-state index is 0.0999. The molecule has 0 atom stereocenters. The summed E-state index contributed by atoms with van der Waals surface area (Å²) in [7, 11) is 1.47. The standard InChI is InChI=1S/C13H19ClFNO/c1-13(2,7-8-14)16-9-10-5-4-6-11(17-3)12(10)15/h4-6,16H,7-9H2,1-3H3. The van der Waals surface area contributed by atoms with E-state index in [-0.39, 0.29) is 17.1 Å². The summed E-state index contributed by atoms with van der Waals surface area (Å²) in [6.45, 7) is 4.56. The lowest BCUT2D eigenvalue weighted by atomic mass is 10.0. The zero-order valence-electron chi connectivity index (χ0n) is 10.5. The van der Waals surface area contributed by atoms with Gasteiger partial charge in [0.05, 0.1) is 7.11 Å². The van der Waals surface area contributed by atoms with Gasteiger partial charge in [-0.3, -0.25) is 0 Å². The van der Waals surface area contributed by atoms with E-state index in [1.165, 1.54) is 7.11 Å². The number of alkyl halides is 1. The molecule has 1 aromatic carbocycles. The highest BCUT2D eigenvalue weighted by Crippen LogP contribution is 2.20. The lowest BCUT2D eigenvalue weighted by molar-refractivity contribution is 0.362. The van der Waals surface area contributed by atoms with Crippen LogP contribution in [0.3, 0.4) is 0 Å². The molecule has 96 valence electrons. The zero-order chi connectivity index (χ0) is 12.9. The van der Waals surface area contributed by atoms with Gasteiger partial charge < -0.3 is 10.1 Å². The highest BCUT2D eigenvalue weighted by molar-refractivity contribution is 6.17. The number of ether oxygens (including phenoxy) is 1. The summed E-state index contributed by atoms with van der Waals surface area (Å²) >= 11 is 5.71.